The minimum absolute atomic E-state index is 0.102. The van der Waals surface area contributed by atoms with Gasteiger partial charge in [-0.15, -0.1) is 0 Å². The number of amides is 1. The van der Waals surface area contributed by atoms with Gasteiger partial charge in [0.15, 0.2) is 10.8 Å². The first-order valence-electron chi connectivity index (χ1n) is 7.99. The molecule has 2 heterocycles. The standard InChI is InChI=1S/C16H12BrCl3N6O3/c1-8-14(20)16(26(28)29)23-25(8)7-13(27)21-15-10(17)6-24(22-15)5-9-2-3-11(18)12(19)4-9/h2-4,6H,5,7H2,1H3,(H,21,22,27). The van der Waals surface area contributed by atoms with E-state index >= 15 is 0 Å². The van der Waals surface area contributed by atoms with Crippen molar-refractivity contribution in [3.05, 3.63) is 65.3 Å². The summed E-state index contributed by atoms with van der Waals surface area (Å²) in [6, 6.07) is 5.24. The fourth-order valence-electron chi connectivity index (χ4n) is 2.47. The molecule has 2 aromatic heterocycles. The Morgan fingerprint density at radius 3 is 2.62 bits per heavy atom. The van der Waals surface area contributed by atoms with Crippen LogP contribution in [0.3, 0.4) is 0 Å². The first kappa shape index (κ1) is 21.6. The van der Waals surface area contributed by atoms with Crippen LogP contribution in [-0.4, -0.2) is 30.4 Å². The fraction of sp³-hybridized carbons (Fsp3) is 0.188. The highest BCUT2D eigenvalue weighted by Gasteiger charge is 2.25. The van der Waals surface area contributed by atoms with Gasteiger partial charge in [0.2, 0.25) is 5.91 Å². The Labute approximate surface area is 187 Å². The van der Waals surface area contributed by atoms with Crippen molar-refractivity contribution in [3.8, 4) is 0 Å². The van der Waals surface area contributed by atoms with Gasteiger partial charge >= 0.3 is 5.82 Å². The van der Waals surface area contributed by atoms with Gasteiger partial charge in [-0.1, -0.05) is 40.9 Å². The number of anilines is 1. The number of nitrogens with zero attached hydrogens (tertiary/aromatic N) is 5. The van der Waals surface area contributed by atoms with Crippen molar-refractivity contribution in [1.82, 2.24) is 19.6 Å². The van der Waals surface area contributed by atoms with E-state index in [1.54, 1.807) is 23.0 Å². The minimum atomic E-state index is -0.703. The van der Waals surface area contributed by atoms with Crippen LogP contribution in [0.25, 0.3) is 0 Å². The largest absolute Gasteiger partial charge is 0.408 e. The third-order valence-electron chi connectivity index (χ3n) is 3.89. The number of hydrogen-bond donors (Lipinski definition) is 1. The van der Waals surface area contributed by atoms with Crippen molar-refractivity contribution in [3.63, 3.8) is 0 Å². The van der Waals surface area contributed by atoms with E-state index in [1.165, 1.54) is 6.92 Å². The fourth-order valence-corrected chi connectivity index (χ4v) is 3.41. The van der Waals surface area contributed by atoms with Crippen LogP contribution in [0, 0.1) is 17.0 Å². The van der Waals surface area contributed by atoms with Crippen LogP contribution >= 0.6 is 50.7 Å². The molecule has 0 saturated heterocycles. The first-order chi connectivity index (χ1) is 13.7. The van der Waals surface area contributed by atoms with Crippen molar-refractivity contribution >= 4 is 68.3 Å². The summed E-state index contributed by atoms with van der Waals surface area (Å²) in [5.41, 5.74) is 1.19. The van der Waals surface area contributed by atoms with Crippen LogP contribution < -0.4 is 5.32 Å². The van der Waals surface area contributed by atoms with Crippen molar-refractivity contribution in [2.45, 2.75) is 20.0 Å². The molecule has 1 amide bonds. The zero-order valence-corrected chi connectivity index (χ0v) is 18.6. The van der Waals surface area contributed by atoms with Crippen LogP contribution in [0.1, 0.15) is 11.3 Å². The predicted molar refractivity (Wildman–Crippen MR) is 113 cm³/mol. The molecule has 29 heavy (non-hydrogen) atoms. The molecule has 0 saturated carbocycles. The van der Waals surface area contributed by atoms with Crippen LogP contribution in [-0.2, 0) is 17.9 Å². The molecule has 0 radical (unpaired) electrons. The summed E-state index contributed by atoms with van der Waals surface area (Å²) in [6.45, 7) is 1.69. The van der Waals surface area contributed by atoms with E-state index in [-0.39, 0.29) is 11.6 Å². The van der Waals surface area contributed by atoms with Gasteiger partial charge in [-0.2, -0.15) is 9.78 Å². The van der Waals surface area contributed by atoms with Gasteiger partial charge in [0, 0.05) is 6.20 Å². The summed E-state index contributed by atoms with van der Waals surface area (Å²) < 4.78 is 3.34. The molecule has 0 spiro atoms. The predicted octanol–water partition coefficient (Wildman–Crippen LogP) is 4.71. The van der Waals surface area contributed by atoms with Crippen molar-refractivity contribution in [2.24, 2.45) is 0 Å². The number of nitrogens with one attached hydrogen (secondary N) is 1. The highest BCUT2D eigenvalue weighted by molar-refractivity contribution is 9.10. The maximum atomic E-state index is 12.3. The Hall–Kier alpha value is -2.14. The van der Waals surface area contributed by atoms with E-state index in [2.05, 4.69) is 31.4 Å². The number of nitro groups is 1. The van der Waals surface area contributed by atoms with Crippen LogP contribution in [0.5, 0.6) is 0 Å². The van der Waals surface area contributed by atoms with Crippen LogP contribution in [0.2, 0.25) is 15.1 Å². The zero-order chi connectivity index (χ0) is 21.3. The quantitative estimate of drug-likeness (QED) is 0.373. The number of hydrogen-bond acceptors (Lipinski definition) is 5. The summed E-state index contributed by atoms with van der Waals surface area (Å²) in [7, 11) is 0. The number of carbonyl (C=O) groups excluding carboxylic acids is 1. The number of aromatic nitrogens is 4. The minimum Gasteiger partial charge on any atom is -0.358 e. The maximum Gasteiger partial charge on any atom is 0.408 e. The first-order valence-corrected chi connectivity index (χ1v) is 9.92. The molecule has 3 rings (SSSR count). The molecule has 152 valence electrons. The van der Waals surface area contributed by atoms with Crippen molar-refractivity contribution in [1.29, 1.82) is 0 Å². The molecule has 1 N–H and O–H groups in total. The van der Waals surface area contributed by atoms with Crippen molar-refractivity contribution < 1.29 is 9.72 Å². The Bertz CT molecular complexity index is 1110. The van der Waals surface area contributed by atoms with E-state index in [1.807, 2.05) is 6.07 Å². The molecule has 0 atom stereocenters. The second-order valence-electron chi connectivity index (χ2n) is 5.96. The molecule has 0 unspecified atom stereocenters. The van der Waals surface area contributed by atoms with Gasteiger partial charge in [-0.05, 0) is 45.5 Å². The number of halogens is 4. The molecule has 1 aromatic carbocycles. The molecular weight excluding hydrogens is 510 g/mol. The highest BCUT2D eigenvalue weighted by Crippen LogP contribution is 2.27. The zero-order valence-electron chi connectivity index (χ0n) is 14.7. The van der Waals surface area contributed by atoms with E-state index in [0.29, 0.717) is 32.6 Å². The van der Waals surface area contributed by atoms with Gasteiger partial charge in [-0.25, -0.2) is 0 Å². The summed E-state index contributed by atoms with van der Waals surface area (Å²) in [5.74, 6) is -0.674. The summed E-state index contributed by atoms with van der Waals surface area (Å²) in [5, 5.41) is 22.4. The third kappa shape index (κ3) is 4.89. The third-order valence-corrected chi connectivity index (χ3v) is 5.65. The number of rotatable bonds is 6. The van der Waals surface area contributed by atoms with E-state index in [9.17, 15) is 14.9 Å². The summed E-state index contributed by atoms with van der Waals surface area (Å²) in [6.07, 6.45) is 1.69. The van der Waals surface area contributed by atoms with E-state index in [4.69, 9.17) is 34.8 Å². The van der Waals surface area contributed by atoms with Gasteiger partial charge in [0.05, 0.1) is 31.9 Å². The SMILES string of the molecule is Cc1c(Cl)c([N+](=O)[O-])nn1CC(=O)Nc1nn(Cc2ccc(Cl)c(Cl)c2)cc1Br. The molecule has 13 heteroatoms. The summed E-state index contributed by atoms with van der Waals surface area (Å²) in [4.78, 5) is 22.5. The topological polar surface area (TPSA) is 108 Å². The molecule has 0 aliphatic heterocycles. The average molecular weight is 523 g/mol. The average Bonchev–Trinajstić information content (AvgIpc) is 3.12. The van der Waals surface area contributed by atoms with Crippen LogP contribution in [0.15, 0.2) is 28.9 Å². The van der Waals surface area contributed by atoms with Gasteiger partial charge < -0.3 is 15.4 Å². The lowest BCUT2D eigenvalue weighted by Crippen LogP contribution is -2.21. The van der Waals surface area contributed by atoms with Gasteiger partial charge in [0.25, 0.3) is 0 Å². The maximum absolute atomic E-state index is 12.3. The lowest BCUT2D eigenvalue weighted by Gasteiger charge is -2.04. The Balaban J connectivity index is 1.71. The molecule has 0 aliphatic carbocycles. The lowest BCUT2D eigenvalue weighted by atomic mass is 10.2. The Kier molecular flexibility index (Phi) is 6.47. The number of carbonyl (C=O) groups is 1. The van der Waals surface area contributed by atoms with Gasteiger partial charge in [-0.3, -0.25) is 9.48 Å². The molecule has 9 nitrogen and oxygen atoms in total. The number of benzene rings is 1. The molecular formula is C16H12BrCl3N6O3. The van der Waals surface area contributed by atoms with Crippen molar-refractivity contribution in [2.75, 3.05) is 5.32 Å². The molecule has 0 bridgehead atoms. The molecule has 0 aliphatic rings. The molecule has 0 fully saturated rings. The van der Waals surface area contributed by atoms with Crippen LogP contribution in [0.4, 0.5) is 11.6 Å². The second-order valence-corrected chi connectivity index (χ2v) is 8.00. The highest BCUT2D eigenvalue weighted by atomic mass is 79.9. The lowest BCUT2D eigenvalue weighted by molar-refractivity contribution is -0.389. The Morgan fingerprint density at radius 2 is 2.00 bits per heavy atom. The normalized spacial score (nSPS) is 10.9. The Morgan fingerprint density at radius 1 is 1.28 bits per heavy atom. The second kappa shape index (κ2) is 8.70. The monoisotopic (exact) mass is 520 g/mol. The smallest absolute Gasteiger partial charge is 0.358 e. The molecule has 3 aromatic rings. The summed E-state index contributed by atoms with van der Waals surface area (Å²) >= 11 is 21.2. The van der Waals surface area contributed by atoms with Gasteiger partial charge in [0.1, 0.15) is 6.54 Å². The van der Waals surface area contributed by atoms with E-state index in [0.717, 1.165) is 10.2 Å². The van der Waals surface area contributed by atoms with E-state index < -0.39 is 16.6 Å².